The highest BCUT2D eigenvalue weighted by Gasteiger charge is 2.47. The Balaban J connectivity index is 2.44. The number of unbranched alkanes of at least 4 members (excludes halogenated alkanes) is 28. The minimum Gasteiger partial charge on any atom is -0.726 e. The molecule has 0 radical (unpaired) electrons. The molecule has 0 aliphatic carbocycles. The SMILES string of the molecule is CCCCCCCC/C=C\CCCCCCCCCCCCCC(=O)N[C@@H](CO[C@@H]1O[C@H](CO)[C@H](O)[C@H](OS(=O)(=O)[O-])[C@H]1O)[C@H](O)/C=C/CCCCCCCCCCCCC. The lowest BCUT2D eigenvalue weighted by Crippen LogP contribution is -2.61. The van der Waals surface area contributed by atoms with E-state index in [-0.39, 0.29) is 18.9 Å². The van der Waals surface area contributed by atoms with Gasteiger partial charge in [-0.25, -0.2) is 8.42 Å². The molecule has 1 aliphatic rings. The summed E-state index contributed by atoms with van der Waals surface area (Å²) in [6, 6.07) is -0.953. The molecule has 360 valence electrons. The zero-order valence-electron chi connectivity index (χ0n) is 38.4. The minimum absolute atomic E-state index is 0.262. The highest BCUT2D eigenvalue weighted by atomic mass is 32.3. The molecular formula is C48H90NO11S-. The summed E-state index contributed by atoms with van der Waals surface area (Å²) >= 11 is 0. The van der Waals surface area contributed by atoms with Crippen LogP contribution in [-0.2, 0) is 28.9 Å². The van der Waals surface area contributed by atoms with Crippen molar-refractivity contribution in [3.63, 3.8) is 0 Å². The summed E-state index contributed by atoms with van der Waals surface area (Å²) in [5.74, 6) is -0.271. The summed E-state index contributed by atoms with van der Waals surface area (Å²) in [6.07, 6.45) is 36.1. The van der Waals surface area contributed by atoms with Crippen molar-refractivity contribution in [3.8, 4) is 0 Å². The Labute approximate surface area is 372 Å². The standard InChI is InChI=1S/C48H91NO11S/c1-3-5-7-9-11-13-15-17-18-19-20-21-22-23-24-26-28-30-32-34-36-38-44(52)49-41(42(51)37-35-33-31-29-27-25-16-14-12-10-8-6-4-2)40-58-48-46(54)47(60-61(55,56)57)45(53)43(39-50)59-48/h17-18,35,37,41-43,45-48,50-51,53-54H,3-16,19-34,36,38-40H2,1-2H3,(H,49,52)(H,55,56,57)/p-1/b18-17-,37-35+/t41-,42+,43+,45-,46+,47-,48+/m0/s1. The topological polar surface area (TPSA) is 195 Å². The average molecular weight is 889 g/mol. The second-order valence-corrected chi connectivity index (χ2v) is 18.4. The van der Waals surface area contributed by atoms with Gasteiger partial charge >= 0.3 is 0 Å². The Bertz CT molecular complexity index is 1190. The first-order chi connectivity index (χ1) is 29.5. The van der Waals surface area contributed by atoms with Crippen LogP contribution in [0.2, 0.25) is 0 Å². The number of aliphatic hydroxyl groups is 4. The molecule has 0 unspecified atom stereocenters. The lowest BCUT2D eigenvalue weighted by atomic mass is 9.99. The van der Waals surface area contributed by atoms with Crippen LogP contribution in [0.3, 0.4) is 0 Å². The highest BCUT2D eigenvalue weighted by Crippen LogP contribution is 2.26. The molecule has 0 aromatic carbocycles. The first-order valence-corrected chi connectivity index (χ1v) is 26.0. The van der Waals surface area contributed by atoms with Gasteiger partial charge in [0.2, 0.25) is 16.3 Å². The van der Waals surface area contributed by atoms with Crippen molar-refractivity contribution in [3.05, 3.63) is 24.3 Å². The molecule has 0 bridgehead atoms. The maximum absolute atomic E-state index is 13.0. The molecule has 1 heterocycles. The summed E-state index contributed by atoms with van der Waals surface area (Å²) < 4.78 is 49.3. The Morgan fingerprint density at radius 3 is 1.49 bits per heavy atom. The van der Waals surface area contributed by atoms with Gasteiger partial charge < -0.3 is 39.8 Å². The fourth-order valence-corrected chi connectivity index (χ4v) is 8.36. The van der Waals surface area contributed by atoms with Crippen molar-refractivity contribution in [2.75, 3.05) is 13.2 Å². The largest absolute Gasteiger partial charge is 0.726 e. The predicted octanol–water partition coefficient (Wildman–Crippen LogP) is 9.77. The molecule has 1 fully saturated rings. The maximum Gasteiger partial charge on any atom is 0.220 e. The molecule has 61 heavy (non-hydrogen) atoms. The molecule has 0 spiro atoms. The van der Waals surface area contributed by atoms with Crippen LogP contribution in [0.15, 0.2) is 24.3 Å². The lowest BCUT2D eigenvalue weighted by molar-refractivity contribution is -0.298. The average Bonchev–Trinajstić information content (AvgIpc) is 3.23. The van der Waals surface area contributed by atoms with Crippen molar-refractivity contribution in [2.45, 2.75) is 262 Å². The second-order valence-electron chi connectivity index (χ2n) is 17.4. The second kappa shape index (κ2) is 39.0. The monoisotopic (exact) mass is 889 g/mol. The van der Waals surface area contributed by atoms with Gasteiger partial charge in [0.25, 0.3) is 0 Å². The van der Waals surface area contributed by atoms with E-state index in [0.29, 0.717) is 6.42 Å². The van der Waals surface area contributed by atoms with Gasteiger partial charge in [-0.15, -0.1) is 0 Å². The van der Waals surface area contributed by atoms with Crippen molar-refractivity contribution < 1.29 is 51.8 Å². The van der Waals surface area contributed by atoms with Gasteiger partial charge in [0.15, 0.2) is 6.29 Å². The first-order valence-electron chi connectivity index (χ1n) is 24.7. The van der Waals surface area contributed by atoms with Crippen LogP contribution < -0.4 is 5.32 Å². The number of nitrogens with one attached hydrogen (secondary N) is 1. The summed E-state index contributed by atoms with van der Waals surface area (Å²) in [4.78, 5) is 13.0. The highest BCUT2D eigenvalue weighted by molar-refractivity contribution is 7.80. The van der Waals surface area contributed by atoms with Gasteiger partial charge in [-0.3, -0.25) is 8.98 Å². The Morgan fingerprint density at radius 2 is 1.07 bits per heavy atom. The Kier molecular flexibility index (Phi) is 36.8. The molecule has 13 heteroatoms. The maximum atomic E-state index is 13.0. The molecule has 0 saturated carbocycles. The Hall–Kier alpha value is -1.42. The lowest BCUT2D eigenvalue weighted by Gasteiger charge is -2.42. The van der Waals surface area contributed by atoms with Crippen molar-refractivity contribution >= 4 is 16.3 Å². The summed E-state index contributed by atoms with van der Waals surface area (Å²) in [5, 5.41) is 44.6. The van der Waals surface area contributed by atoms with Gasteiger partial charge in [-0.1, -0.05) is 192 Å². The molecule has 0 aromatic rings. The van der Waals surface area contributed by atoms with Gasteiger partial charge in [0.1, 0.15) is 24.4 Å². The van der Waals surface area contributed by atoms with Crippen LogP contribution in [0, 0.1) is 0 Å². The number of carbonyl (C=O) groups is 1. The van der Waals surface area contributed by atoms with Crippen molar-refractivity contribution in [1.82, 2.24) is 5.32 Å². The quantitative estimate of drug-likeness (QED) is 0.0169. The summed E-state index contributed by atoms with van der Waals surface area (Å²) in [6.45, 7) is 3.35. The van der Waals surface area contributed by atoms with E-state index in [9.17, 15) is 38.2 Å². The third-order valence-corrected chi connectivity index (χ3v) is 12.2. The summed E-state index contributed by atoms with van der Waals surface area (Å²) in [5.41, 5.74) is 0. The molecule has 1 aliphatic heterocycles. The molecule has 0 aromatic heterocycles. The van der Waals surface area contributed by atoms with E-state index in [1.54, 1.807) is 6.08 Å². The third kappa shape index (κ3) is 32.0. The van der Waals surface area contributed by atoms with Crippen LogP contribution in [0.4, 0.5) is 0 Å². The number of amides is 1. The molecule has 5 N–H and O–H groups in total. The zero-order chi connectivity index (χ0) is 44.8. The van der Waals surface area contributed by atoms with Crippen LogP contribution in [0.5, 0.6) is 0 Å². The molecule has 1 amide bonds. The molecule has 12 nitrogen and oxygen atoms in total. The smallest absolute Gasteiger partial charge is 0.220 e. The van der Waals surface area contributed by atoms with E-state index in [0.717, 1.165) is 38.5 Å². The van der Waals surface area contributed by atoms with E-state index in [2.05, 4.69) is 35.5 Å². The van der Waals surface area contributed by atoms with Gasteiger partial charge in [0, 0.05) is 6.42 Å². The van der Waals surface area contributed by atoms with E-state index in [1.165, 1.54) is 154 Å². The molecule has 7 atom stereocenters. The zero-order valence-corrected chi connectivity index (χ0v) is 39.3. The molecular weight excluding hydrogens is 799 g/mol. The van der Waals surface area contributed by atoms with Crippen LogP contribution in [-0.4, -0.2) is 95.4 Å². The normalized spacial score (nSPS) is 20.8. The molecule has 1 saturated heterocycles. The van der Waals surface area contributed by atoms with Gasteiger partial charge in [-0.05, 0) is 44.9 Å². The van der Waals surface area contributed by atoms with E-state index in [4.69, 9.17) is 9.47 Å². The minimum atomic E-state index is -5.33. The number of rotatable bonds is 42. The van der Waals surface area contributed by atoms with Gasteiger partial charge in [0.05, 0.1) is 25.4 Å². The summed E-state index contributed by atoms with van der Waals surface area (Å²) in [7, 11) is -5.33. The third-order valence-electron chi connectivity index (χ3n) is 11.7. The van der Waals surface area contributed by atoms with E-state index < -0.39 is 59.9 Å². The number of hydrogen-bond acceptors (Lipinski definition) is 11. The number of carbonyl (C=O) groups excluding carboxylic acids is 1. The van der Waals surface area contributed by atoms with Crippen molar-refractivity contribution in [1.29, 1.82) is 0 Å². The number of ether oxygens (including phenoxy) is 2. The van der Waals surface area contributed by atoms with Gasteiger partial charge in [-0.2, -0.15) is 0 Å². The predicted molar refractivity (Wildman–Crippen MR) is 244 cm³/mol. The number of aliphatic hydroxyl groups excluding tert-OH is 4. The van der Waals surface area contributed by atoms with Crippen LogP contribution in [0.1, 0.15) is 219 Å². The van der Waals surface area contributed by atoms with E-state index >= 15 is 0 Å². The van der Waals surface area contributed by atoms with Crippen molar-refractivity contribution in [2.24, 2.45) is 0 Å². The number of hydrogen-bond donors (Lipinski definition) is 5. The van der Waals surface area contributed by atoms with Crippen LogP contribution >= 0.6 is 0 Å². The number of allylic oxidation sites excluding steroid dienone is 3. The fraction of sp³-hybridized carbons (Fsp3) is 0.896. The van der Waals surface area contributed by atoms with E-state index in [1.807, 2.05) is 6.08 Å². The molecule has 1 rings (SSSR count). The first kappa shape index (κ1) is 57.6. The fourth-order valence-electron chi connectivity index (χ4n) is 7.86. The van der Waals surface area contributed by atoms with Crippen LogP contribution in [0.25, 0.3) is 0 Å². The Morgan fingerprint density at radius 1 is 0.656 bits per heavy atom.